The molecule has 0 spiro atoms. The van der Waals surface area contributed by atoms with Crippen LogP contribution in [0.5, 0.6) is 0 Å². The van der Waals surface area contributed by atoms with Crippen molar-refractivity contribution in [1.29, 1.82) is 0 Å². The minimum Gasteiger partial charge on any atom is -0.377 e. The summed E-state index contributed by atoms with van der Waals surface area (Å²) in [6.45, 7) is 6.11. The summed E-state index contributed by atoms with van der Waals surface area (Å²) < 4.78 is 5.82. The Morgan fingerprint density at radius 1 is 1.30 bits per heavy atom. The standard InChI is InChI=1S/C24H26ClN5O2S/c1-24(2)12-19-21(22(31)29-24)33-23(28-19)30-8-9-32-14-18(30)11-15-4-3-5-16(10-15)27-17-6-7-20(25)26-13-17/h3-7,10,13,18,27H,8-9,11-12,14H2,1-2H3,(H,29,31)/t18-/m0/s1. The summed E-state index contributed by atoms with van der Waals surface area (Å²) in [6, 6.07) is 12.2. The molecule has 1 atom stereocenters. The largest absolute Gasteiger partial charge is 0.377 e. The number of morpholine rings is 1. The number of thiazole rings is 1. The minimum absolute atomic E-state index is 0.0229. The van der Waals surface area contributed by atoms with Crippen LogP contribution in [0.3, 0.4) is 0 Å². The summed E-state index contributed by atoms with van der Waals surface area (Å²) in [6.07, 6.45) is 3.27. The Morgan fingerprint density at radius 2 is 2.18 bits per heavy atom. The van der Waals surface area contributed by atoms with Gasteiger partial charge in [-0.15, -0.1) is 0 Å². The lowest BCUT2D eigenvalue weighted by Crippen LogP contribution is -2.48. The quantitative estimate of drug-likeness (QED) is 0.522. The topological polar surface area (TPSA) is 79.4 Å². The summed E-state index contributed by atoms with van der Waals surface area (Å²) >= 11 is 7.37. The molecule has 0 unspecified atom stereocenters. The molecule has 1 aromatic carbocycles. The number of anilines is 3. The number of carbonyl (C=O) groups is 1. The molecule has 2 N–H and O–H groups in total. The van der Waals surface area contributed by atoms with E-state index in [1.165, 1.54) is 16.9 Å². The Morgan fingerprint density at radius 3 is 3.00 bits per heavy atom. The second-order valence-electron chi connectivity index (χ2n) is 9.11. The third kappa shape index (κ3) is 4.98. The summed E-state index contributed by atoms with van der Waals surface area (Å²) in [5.41, 5.74) is 3.70. The Kier molecular flexibility index (Phi) is 5.99. The van der Waals surface area contributed by atoms with Crippen molar-refractivity contribution in [2.75, 3.05) is 30.0 Å². The van der Waals surface area contributed by atoms with Crippen LogP contribution in [-0.4, -0.2) is 47.2 Å². The van der Waals surface area contributed by atoms with Crippen LogP contribution in [0.25, 0.3) is 0 Å². The highest BCUT2D eigenvalue weighted by molar-refractivity contribution is 7.17. The number of rotatable bonds is 5. The predicted molar refractivity (Wildman–Crippen MR) is 132 cm³/mol. The fourth-order valence-corrected chi connectivity index (χ4v) is 5.51. The van der Waals surface area contributed by atoms with Gasteiger partial charge < -0.3 is 20.3 Å². The number of aromatic nitrogens is 2. The highest BCUT2D eigenvalue weighted by atomic mass is 35.5. The number of carbonyl (C=O) groups excluding carboxylic acids is 1. The van der Waals surface area contributed by atoms with Gasteiger partial charge in [-0.3, -0.25) is 4.79 Å². The van der Waals surface area contributed by atoms with Crippen LogP contribution in [0, 0.1) is 0 Å². The van der Waals surface area contributed by atoms with Gasteiger partial charge in [0.05, 0.1) is 36.8 Å². The average Bonchev–Trinajstić information content (AvgIpc) is 3.19. The lowest BCUT2D eigenvalue weighted by Gasteiger charge is -2.35. The number of hydrogen-bond donors (Lipinski definition) is 2. The number of hydrogen-bond acceptors (Lipinski definition) is 7. The van der Waals surface area contributed by atoms with E-state index in [-0.39, 0.29) is 17.5 Å². The van der Waals surface area contributed by atoms with Gasteiger partial charge in [-0.1, -0.05) is 35.1 Å². The summed E-state index contributed by atoms with van der Waals surface area (Å²) in [5.74, 6) is -0.0229. The molecule has 2 aliphatic rings. The molecule has 0 bridgehead atoms. The SMILES string of the molecule is CC1(C)Cc2nc(N3CCOC[C@@H]3Cc3cccc(Nc4ccc(Cl)nc4)c3)sc2C(=O)N1. The normalized spacial score (nSPS) is 19.7. The molecule has 0 radical (unpaired) electrons. The van der Waals surface area contributed by atoms with Crippen LogP contribution in [-0.2, 0) is 17.6 Å². The zero-order chi connectivity index (χ0) is 23.0. The predicted octanol–water partition coefficient (Wildman–Crippen LogP) is 4.45. The maximum atomic E-state index is 12.6. The van der Waals surface area contributed by atoms with Crippen molar-refractivity contribution in [2.45, 2.75) is 38.3 Å². The van der Waals surface area contributed by atoms with E-state index in [1.54, 1.807) is 12.3 Å². The van der Waals surface area contributed by atoms with Crippen LogP contribution >= 0.6 is 22.9 Å². The highest BCUT2D eigenvalue weighted by Crippen LogP contribution is 2.34. The first-order chi connectivity index (χ1) is 15.9. The number of benzene rings is 1. The van der Waals surface area contributed by atoms with E-state index in [0.29, 0.717) is 18.4 Å². The average molecular weight is 484 g/mol. The van der Waals surface area contributed by atoms with E-state index in [0.717, 1.165) is 46.5 Å². The second-order valence-corrected chi connectivity index (χ2v) is 10.5. The second kappa shape index (κ2) is 8.93. The fourth-order valence-electron chi connectivity index (χ4n) is 4.33. The van der Waals surface area contributed by atoms with Crippen LogP contribution in [0.1, 0.15) is 34.8 Å². The third-order valence-electron chi connectivity index (χ3n) is 5.84. The molecule has 2 aromatic heterocycles. The number of nitrogens with zero attached hydrogens (tertiary/aromatic N) is 3. The van der Waals surface area contributed by atoms with Gasteiger partial charge in [0.1, 0.15) is 10.0 Å². The molecule has 5 rings (SSSR count). The maximum Gasteiger partial charge on any atom is 0.263 e. The first kappa shape index (κ1) is 22.1. The highest BCUT2D eigenvalue weighted by Gasteiger charge is 2.35. The first-order valence-corrected chi connectivity index (χ1v) is 12.2. The van der Waals surface area contributed by atoms with Crippen molar-refractivity contribution in [3.8, 4) is 0 Å². The van der Waals surface area contributed by atoms with Crippen molar-refractivity contribution in [2.24, 2.45) is 0 Å². The number of ether oxygens (including phenoxy) is 1. The number of fused-ring (bicyclic) bond motifs is 1. The van der Waals surface area contributed by atoms with Crippen LogP contribution < -0.4 is 15.5 Å². The summed E-state index contributed by atoms with van der Waals surface area (Å²) in [4.78, 5) is 24.6. The van der Waals surface area contributed by atoms with E-state index < -0.39 is 0 Å². The lowest BCUT2D eigenvalue weighted by molar-refractivity contribution is 0.0900. The number of halogens is 1. The van der Waals surface area contributed by atoms with Crippen molar-refractivity contribution in [1.82, 2.24) is 15.3 Å². The van der Waals surface area contributed by atoms with Crippen molar-refractivity contribution < 1.29 is 9.53 Å². The zero-order valence-corrected chi connectivity index (χ0v) is 20.2. The smallest absolute Gasteiger partial charge is 0.263 e. The number of nitrogens with one attached hydrogen (secondary N) is 2. The molecule has 1 amide bonds. The van der Waals surface area contributed by atoms with Gasteiger partial charge in [-0.2, -0.15) is 0 Å². The fraction of sp³-hybridized carbons (Fsp3) is 0.375. The molecular weight excluding hydrogens is 458 g/mol. The van der Waals surface area contributed by atoms with E-state index in [4.69, 9.17) is 21.3 Å². The van der Waals surface area contributed by atoms with Gasteiger partial charge in [0.2, 0.25) is 0 Å². The minimum atomic E-state index is -0.271. The first-order valence-electron chi connectivity index (χ1n) is 11.0. The molecule has 2 aliphatic heterocycles. The van der Waals surface area contributed by atoms with Gasteiger partial charge in [0.25, 0.3) is 5.91 Å². The number of pyridine rings is 1. The molecule has 4 heterocycles. The molecule has 0 saturated carbocycles. The van der Waals surface area contributed by atoms with Crippen molar-refractivity contribution in [3.63, 3.8) is 0 Å². The summed E-state index contributed by atoms with van der Waals surface area (Å²) in [7, 11) is 0. The number of amides is 1. The van der Waals surface area contributed by atoms with Gasteiger partial charge in [-0.25, -0.2) is 9.97 Å². The zero-order valence-electron chi connectivity index (χ0n) is 18.6. The molecular formula is C24H26ClN5O2S. The molecule has 1 fully saturated rings. The van der Waals surface area contributed by atoms with E-state index in [1.807, 2.05) is 32.0 Å². The van der Waals surface area contributed by atoms with Gasteiger partial charge in [-0.05, 0) is 50.1 Å². The van der Waals surface area contributed by atoms with Gasteiger partial charge in [0.15, 0.2) is 5.13 Å². The maximum absolute atomic E-state index is 12.6. The van der Waals surface area contributed by atoms with Gasteiger partial charge in [0, 0.05) is 24.2 Å². The Balaban J connectivity index is 1.34. The molecule has 1 saturated heterocycles. The Hall–Kier alpha value is -2.68. The van der Waals surface area contributed by atoms with E-state index in [2.05, 4.69) is 32.7 Å². The monoisotopic (exact) mass is 483 g/mol. The molecule has 7 nitrogen and oxygen atoms in total. The lowest BCUT2D eigenvalue weighted by atomic mass is 9.94. The Bertz CT molecular complexity index is 1160. The van der Waals surface area contributed by atoms with Crippen LogP contribution in [0.2, 0.25) is 5.15 Å². The molecule has 3 aromatic rings. The van der Waals surface area contributed by atoms with E-state index >= 15 is 0 Å². The third-order valence-corrected chi connectivity index (χ3v) is 7.20. The summed E-state index contributed by atoms with van der Waals surface area (Å²) in [5, 5.41) is 7.83. The van der Waals surface area contributed by atoms with Crippen LogP contribution in [0.15, 0.2) is 42.6 Å². The van der Waals surface area contributed by atoms with Crippen molar-refractivity contribution in [3.05, 3.63) is 63.9 Å². The van der Waals surface area contributed by atoms with Gasteiger partial charge >= 0.3 is 0 Å². The molecule has 9 heteroatoms. The molecule has 172 valence electrons. The Labute approximate surface area is 202 Å². The molecule has 33 heavy (non-hydrogen) atoms. The molecule has 0 aliphatic carbocycles. The van der Waals surface area contributed by atoms with E-state index in [9.17, 15) is 4.79 Å². The van der Waals surface area contributed by atoms with Crippen LogP contribution in [0.4, 0.5) is 16.5 Å². The van der Waals surface area contributed by atoms with Crippen molar-refractivity contribution >= 4 is 45.4 Å².